The maximum Gasteiger partial charge on any atom is 0.410 e. The van der Waals surface area contributed by atoms with Crippen molar-refractivity contribution in [2.75, 3.05) is 18.8 Å². The number of hydrogen-bond acceptors (Lipinski definition) is 5. The Kier molecular flexibility index (Phi) is 4.95. The van der Waals surface area contributed by atoms with Gasteiger partial charge in [0.1, 0.15) is 22.8 Å². The molecule has 31 heavy (non-hydrogen) atoms. The van der Waals surface area contributed by atoms with Gasteiger partial charge in [0.15, 0.2) is 11.6 Å². The second-order valence-corrected chi connectivity index (χ2v) is 8.85. The van der Waals surface area contributed by atoms with Crippen LogP contribution >= 0.6 is 0 Å². The van der Waals surface area contributed by atoms with Crippen LogP contribution in [0.5, 0.6) is 0 Å². The molecule has 1 aliphatic heterocycles. The summed E-state index contributed by atoms with van der Waals surface area (Å²) in [6.07, 6.45) is 1.31. The molecule has 2 aromatic heterocycles. The van der Waals surface area contributed by atoms with Crippen LogP contribution in [-0.2, 0) is 4.74 Å². The third-order valence-electron chi connectivity index (χ3n) is 5.36. The number of anilines is 1. The molecule has 4 rings (SSSR count). The zero-order valence-electron chi connectivity index (χ0n) is 18.0. The number of hydrogen-bond donors (Lipinski definition) is 1. The van der Waals surface area contributed by atoms with E-state index in [1.54, 1.807) is 50.4 Å². The Morgan fingerprint density at radius 3 is 2.58 bits per heavy atom. The summed E-state index contributed by atoms with van der Waals surface area (Å²) in [7, 11) is 0. The number of pyridine rings is 1. The second-order valence-electron chi connectivity index (χ2n) is 8.85. The van der Waals surface area contributed by atoms with Crippen LogP contribution in [0.15, 0.2) is 36.5 Å². The van der Waals surface area contributed by atoms with E-state index in [4.69, 9.17) is 10.5 Å². The quantitative estimate of drug-likeness (QED) is 0.640. The smallest absolute Gasteiger partial charge is 0.410 e. The number of nitrogens with two attached hydrogens (primary N) is 1. The maximum atomic E-state index is 14.0. The average molecular weight is 424 g/mol. The van der Waals surface area contributed by atoms with Crippen LogP contribution < -0.4 is 5.73 Å². The Bertz CT molecular complexity index is 1190. The summed E-state index contributed by atoms with van der Waals surface area (Å²) >= 11 is 0. The number of ketones is 1. The van der Waals surface area contributed by atoms with Gasteiger partial charge in [-0.25, -0.2) is 14.2 Å². The Labute approximate surface area is 179 Å². The molecule has 0 radical (unpaired) electrons. The molecule has 7 nitrogen and oxygen atoms in total. The Balaban J connectivity index is 1.61. The number of carbonyl (C=O) groups is 2. The van der Waals surface area contributed by atoms with Crippen LogP contribution in [0.1, 0.15) is 36.8 Å². The standard InChI is InChI=1S/C23H25FN4O3/c1-13-16(6-5-7-17(13)24)14-8-9-18-26-21(25)19(28(18)12-14)20(29)15-10-27(11-15)22(30)31-23(2,3)4/h5-9,12,15H,10-11,25H2,1-4H3. The monoisotopic (exact) mass is 424 g/mol. The molecular formula is C23H25FN4O3. The first-order valence-electron chi connectivity index (χ1n) is 10.1. The fraction of sp³-hybridized carbons (Fsp3) is 0.348. The number of likely N-dealkylation sites (tertiary alicyclic amines) is 1. The molecule has 3 heterocycles. The van der Waals surface area contributed by atoms with Crippen molar-refractivity contribution in [2.45, 2.75) is 33.3 Å². The van der Waals surface area contributed by atoms with Crippen LogP contribution in [0.2, 0.25) is 0 Å². The zero-order valence-corrected chi connectivity index (χ0v) is 18.0. The topological polar surface area (TPSA) is 89.9 Å². The molecule has 0 unspecified atom stereocenters. The number of fused-ring (bicyclic) bond motifs is 1. The molecule has 3 aromatic rings. The lowest BCUT2D eigenvalue weighted by Crippen LogP contribution is -2.54. The normalized spacial score (nSPS) is 14.5. The number of amides is 1. The van der Waals surface area contributed by atoms with Gasteiger partial charge >= 0.3 is 6.09 Å². The molecule has 0 atom stereocenters. The van der Waals surface area contributed by atoms with E-state index < -0.39 is 11.7 Å². The van der Waals surface area contributed by atoms with E-state index in [0.717, 1.165) is 11.1 Å². The molecule has 0 aliphatic carbocycles. The fourth-order valence-corrected chi connectivity index (χ4v) is 3.70. The second kappa shape index (κ2) is 7.37. The summed E-state index contributed by atoms with van der Waals surface area (Å²) in [6.45, 7) is 7.63. The number of imidazole rings is 1. The van der Waals surface area contributed by atoms with Crippen LogP contribution in [0.25, 0.3) is 16.8 Å². The Morgan fingerprint density at radius 1 is 1.19 bits per heavy atom. The van der Waals surface area contributed by atoms with Gasteiger partial charge in [-0.1, -0.05) is 12.1 Å². The van der Waals surface area contributed by atoms with Crippen LogP contribution in [-0.4, -0.2) is 44.9 Å². The number of nitrogens with zero attached hydrogens (tertiary/aromatic N) is 3. The van der Waals surface area contributed by atoms with Crippen molar-refractivity contribution in [2.24, 2.45) is 5.92 Å². The SMILES string of the molecule is Cc1c(F)cccc1-c1ccc2nc(N)c(C(=O)C3CN(C(=O)OC(C)(C)C)C3)n2c1. The summed E-state index contributed by atoms with van der Waals surface area (Å²) in [5.41, 5.74) is 8.29. The van der Waals surface area contributed by atoms with Crippen molar-refractivity contribution in [3.63, 3.8) is 0 Å². The number of Topliss-reactive ketones (excluding diaryl/α,β-unsaturated/α-hetero) is 1. The summed E-state index contributed by atoms with van der Waals surface area (Å²) in [4.78, 5) is 31.1. The van der Waals surface area contributed by atoms with Gasteiger partial charge in [0.25, 0.3) is 0 Å². The van der Waals surface area contributed by atoms with E-state index in [0.29, 0.717) is 11.2 Å². The molecule has 1 aliphatic rings. The third kappa shape index (κ3) is 3.85. The summed E-state index contributed by atoms with van der Waals surface area (Å²) < 4.78 is 21.0. The molecule has 1 amide bonds. The van der Waals surface area contributed by atoms with Crippen molar-refractivity contribution in [3.8, 4) is 11.1 Å². The van der Waals surface area contributed by atoms with Gasteiger partial charge in [-0.3, -0.25) is 9.20 Å². The molecule has 0 saturated carbocycles. The Hall–Kier alpha value is -3.42. The van der Waals surface area contributed by atoms with Gasteiger partial charge in [-0.2, -0.15) is 0 Å². The molecule has 1 saturated heterocycles. The fourth-order valence-electron chi connectivity index (χ4n) is 3.70. The van der Waals surface area contributed by atoms with Crippen LogP contribution in [0.4, 0.5) is 15.0 Å². The third-order valence-corrected chi connectivity index (χ3v) is 5.36. The molecule has 0 bridgehead atoms. The lowest BCUT2D eigenvalue weighted by molar-refractivity contribution is 0.00141. The van der Waals surface area contributed by atoms with Gasteiger partial charge in [0.05, 0.1) is 5.92 Å². The highest BCUT2D eigenvalue weighted by Crippen LogP contribution is 2.29. The van der Waals surface area contributed by atoms with Crippen molar-refractivity contribution < 1.29 is 18.7 Å². The first-order chi connectivity index (χ1) is 14.5. The molecule has 1 fully saturated rings. The summed E-state index contributed by atoms with van der Waals surface area (Å²) in [5.74, 6) is -0.725. The minimum absolute atomic E-state index is 0.133. The first kappa shape index (κ1) is 20.8. The highest BCUT2D eigenvalue weighted by atomic mass is 19.1. The van der Waals surface area contributed by atoms with Crippen molar-refractivity contribution in [1.29, 1.82) is 0 Å². The van der Waals surface area contributed by atoms with Gasteiger partial charge < -0.3 is 15.4 Å². The Morgan fingerprint density at radius 2 is 1.90 bits per heavy atom. The molecule has 162 valence electrons. The van der Waals surface area contributed by atoms with E-state index in [2.05, 4.69) is 4.98 Å². The van der Waals surface area contributed by atoms with E-state index in [-0.39, 0.29) is 42.1 Å². The number of nitrogen functional groups attached to an aromatic ring is 1. The highest BCUT2D eigenvalue weighted by molar-refractivity contribution is 6.02. The van der Waals surface area contributed by atoms with Crippen LogP contribution in [0, 0.1) is 18.7 Å². The van der Waals surface area contributed by atoms with Gasteiger partial charge in [-0.15, -0.1) is 0 Å². The van der Waals surface area contributed by atoms with Gasteiger partial charge in [0, 0.05) is 19.3 Å². The largest absolute Gasteiger partial charge is 0.444 e. The van der Waals surface area contributed by atoms with Crippen molar-refractivity contribution in [3.05, 3.63) is 53.6 Å². The van der Waals surface area contributed by atoms with E-state index >= 15 is 0 Å². The van der Waals surface area contributed by atoms with Crippen LogP contribution in [0.3, 0.4) is 0 Å². The van der Waals surface area contributed by atoms with Gasteiger partial charge in [-0.05, 0) is 62.6 Å². The lowest BCUT2D eigenvalue weighted by Gasteiger charge is -2.38. The minimum Gasteiger partial charge on any atom is -0.444 e. The lowest BCUT2D eigenvalue weighted by atomic mass is 9.93. The highest BCUT2D eigenvalue weighted by Gasteiger charge is 2.39. The number of benzene rings is 1. The maximum absolute atomic E-state index is 14.0. The predicted octanol–water partition coefficient (Wildman–Crippen LogP) is 4.08. The summed E-state index contributed by atoms with van der Waals surface area (Å²) in [6, 6.07) is 8.46. The number of carbonyl (C=O) groups excluding carboxylic acids is 2. The number of halogens is 1. The number of rotatable bonds is 3. The average Bonchev–Trinajstić information content (AvgIpc) is 2.96. The number of aromatic nitrogens is 2. The molecular weight excluding hydrogens is 399 g/mol. The van der Waals surface area contributed by atoms with E-state index in [9.17, 15) is 14.0 Å². The number of ether oxygens (including phenoxy) is 1. The summed E-state index contributed by atoms with van der Waals surface area (Å²) in [5, 5.41) is 0. The predicted molar refractivity (Wildman–Crippen MR) is 115 cm³/mol. The molecule has 2 N–H and O–H groups in total. The molecule has 8 heteroatoms. The van der Waals surface area contributed by atoms with E-state index in [1.807, 2.05) is 12.1 Å². The zero-order chi connectivity index (χ0) is 22.5. The van der Waals surface area contributed by atoms with Crippen molar-refractivity contribution in [1.82, 2.24) is 14.3 Å². The van der Waals surface area contributed by atoms with Crippen molar-refractivity contribution >= 4 is 23.3 Å². The molecule has 1 aromatic carbocycles. The first-order valence-corrected chi connectivity index (χ1v) is 10.1. The van der Waals surface area contributed by atoms with Gasteiger partial charge in [0.2, 0.25) is 0 Å². The minimum atomic E-state index is -0.594. The van der Waals surface area contributed by atoms with E-state index in [1.165, 1.54) is 11.0 Å². The molecule has 0 spiro atoms.